The van der Waals surface area contributed by atoms with Crippen LogP contribution in [-0.4, -0.2) is 79.7 Å². The maximum absolute atomic E-state index is 12.8. The molecule has 2 bridgehead atoms. The second-order valence-corrected chi connectivity index (χ2v) is 9.29. The van der Waals surface area contributed by atoms with E-state index in [1.807, 2.05) is 25.2 Å². The van der Waals surface area contributed by atoms with Crippen molar-refractivity contribution < 1.29 is 19.1 Å². The van der Waals surface area contributed by atoms with Crippen LogP contribution in [0, 0.1) is 0 Å². The number of rotatable bonds is 1. The summed E-state index contributed by atoms with van der Waals surface area (Å²) in [7, 11) is 1.83. The Balaban J connectivity index is 1.45. The van der Waals surface area contributed by atoms with E-state index in [-0.39, 0.29) is 11.8 Å². The first-order valence-corrected chi connectivity index (χ1v) is 12.8. The second kappa shape index (κ2) is 11.5. The van der Waals surface area contributed by atoms with Crippen molar-refractivity contribution in [2.24, 2.45) is 0 Å². The van der Waals surface area contributed by atoms with Crippen molar-refractivity contribution in [1.82, 2.24) is 14.9 Å². The molecular weight excluding hydrogens is 474 g/mol. The second-order valence-electron chi connectivity index (χ2n) is 9.29. The number of carbonyl (C=O) groups is 2. The van der Waals surface area contributed by atoms with Gasteiger partial charge in [-0.1, -0.05) is 0 Å². The smallest absolute Gasteiger partial charge is 0.259 e. The van der Waals surface area contributed by atoms with Gasteiger partial charge in [-0.25, -0.2) is 9.97 Å². The predicted octanol–water partition coefficient (Wildman–Crippen LogP) is 2.54. The molecule has 3 aliphatic rings. The molecule has 11 nitrogen and oxygen atoms in total. The summed E-state index contributed by atoms with van der Waals surface area (Å²) >= 11 is 0. The number of ether oxygens (including phenoxy) is 2. The Labute approximate surface area is 216 Å². The van der Waals surface area contributed by atoms with Crippen molar-refractivity contribution in [2.45, 2.75) is 25.7 Å². The average Bonchev–Trinajstić information content (AvgIpc) is 3.25. The van der Waals surface area contributed by atoms with Crippen LogP contribution in [0.3, 0.4) is 0 Å². The van der Waals surface area contributed by atoms with E-state index in [4.69, 9.17) is 9.47 Å². The molecule has 5 rings (SSSR count). The number of nitrogens with one attached hydrogen (secondary N) is 3. The summed E-state index contributed by atoms with van der Waals surface area (Å²) in [4.78, 5) is 37.9. The quantitative estimate of drug-likeness (QED) is 0.535. The number of nitrogens with zero attached hydrogens (tertiary/aromatic N) is 4. The molecule has 196 valence electrons. The molecule has 3 N–H and O–H groups in total. The minimum Gasteiger partial charge on any atom is -0.491 e. The highest BCUT2D eigenvalue weighted by molar-refractivity contribution is 6.32. The lowest BCUT2D eigenvalue weighted by molar-refractivity contribution is -0.130. The lowest BCUT2D eigenvalue weighted by Crippen LogP contribution is -2.36. The molecule has 2 aromatic rings. The zero-order valence-corrected chi connectivity index (χ0v) is 21.1. The van der Waals surface area contributed by atoms with Gasteiger partial charge in [-0.05, 0) is 31.4 Å². The minimum absolute atomic E-state index is 0.126. The zero-order valence-electron chi connectivity index (χ0n) is 21.1. The van der Waals surface area contributed by atoms with E-state index in [1.54, 1.807) is 11.1 Å². The van der Waals surface area contributed by atoms with Gasteiger partial charge in [0.2, 0.25) is 5.91 Å². The maximum atomic E-state index is 12.8. The number of morpholine rings is 1. The van der Waals surface area contributed by atoms with Gasteiger partial charge in [0, 0.05) is 57.6 Å². The zero-order chi connectivity index (χ0) is 25.6. The molecule has 0 aliphatic carbocycles. The lowest BCUT2D eigenvalue weighted by atomic mass is 10.1. The number of fused-ring (bicyclic) bond motifs is 2. The third-order valence-electron chi connectivity index (χ3n) is 6.72. The molecule has 0 saturated carbocycles. The molecule has 4 heterocycles. The first-order valence-electron chi connectivity index (χ1n) is 12.8. The Bertz CT molecular complexity index is 1180. The maximum Gasteiger partial charge on any atom is 0.259 e. The highest BCUT2D eigenvalue weighted by Crippen LogP contribution is 2.36. The Morgan fingerprint density at radius 3 is 2.68 bits per heavy atom. The SMILES string of the molecule is CN1CCCNc2ncnc3c2/C(=C/Nc2ccc(N4CCOCC4)c(c2)OCCCCC1=O)C(=O)N3. The molecule has 1 aromatic carbocycles. The van der Waals surface area contributed by atoms with Crippen LogP contribution in [0.25, 0.3) is 5.57 Å². The molecule has 37 heavy (non-hydrogen) atoms. The Morgan fingerprint density at radius 2 is 1.81 bits per heavy atom. The van der Waals surface area contributed by atoms with E-state index in [2.05, 4.69) is 30.8 Å². The predicted molar refractivity (Wildman–Crippen MR) is 142 cm³/mol. The number of amides is 2. The number of anilines is 4. The van der Waals surface area contributed by atoms with Crippen LogP contribution in [0.1, 0.15) is 31.2 Å². The van der Waals surface area contributed by atoms with E-state index in [0.29, 0.717) is 62.1 Å². The highest BCUT2D eigenvalue weighted by Gasteiger charge is 2.29. The highest BCUT2D eigenvalue weighted by atomic mass is 16.5. The van der Waals surface area contributed by atoms with Gasteiger partial charge >= 0.3 is 0 Å². The number of benzene rings is 1. The van der Waals surface area contributed by atoms with Gasteiger partial charge in [-0.3, -0.25) is 9.59 Å². The van der Waals surface area contributed by atoms with Crippen molar-refractivity contribution in [1.29, 1.82) is 0 Å². The monoisotopic (exact) mass is 507 g/mol. The Morgan fingerprint density at radius 1 is 0.973 bits per heavy atom. The molecule has 1 aromatic heterocycles. The molecule has 3 aliphatic heterocycles. The van der Waals surface area contributed by atoms with E-state index in [1.165, 1.54) is 6.33 Å². The van der Waals surface area contributed by atoms with Crippen LogP contribution in [0.15, 0.2) is 30.7 Å². The lowest BCUT2D eigenvalue weighted by Gasteiger charge is -2.30. The molecule has 1 saturated heterocycles. The van der Waals surface area contributed by atoms with Crippen LogP contribution in [0.4, 0.5) is 23.0 Å². The van der Waals surface area contributed by atoms with E-state index in [0.717, 1.165) is 49.5 Å². The minimum atomic E-state index is -0.247. The van der Waals surface area contributed by atoms with Crippen LogP contribution >= 0.6 is 0 Å². The average molecular weight is 508 g/mol. The molecule has 11 heteroatoms. The molecular formula is C26H33N7O4. The first kappa shape index (κ1) is 24.8. The molecule has 0 radical (unpaired) electrons. The van der Waals surface area contributed by atoms with Gasteiger partial charge in [-0.15, -0.1) is 0 Å². The Kier molecular flexibility index (Phi) is 7.69. The summed E-state index contributed by atoms with van der Waals surface area (Å²) in [5.74, 6) is 1.69. The van der Waals surface area contributed by atoms with E-state index < -0.39 is 0 Å². The fraction of sp³-hybridized carbons (Fsp3) is 0.462. The summed E-state index contributed by atoms with van der Waals surface area (Å²) < 4.78 is 11.7. The molecule has 2 amide bonds. The third-order valence-corrected chi connectivity index (χ3v) is 6.72. The van der Waals surface area contributed by atoms with Crippen molar-refractivity contribution in [3.63, 3.8) is 0 Å². The van der Waals surface area contributed by atoms with Crippen molar-refractivity contribution in [2.75, 3.05) is 73.9 Å². The van der Waals surface area contributed by atoms with E-state index in [9.17, 15) is 9.59 Å². The number of hydrogen-bond acceptors (Lipinski definition) is 9. The Hall–Kier alpha value is -3.86. The summed E-state index contributed by atoms with van der Waals surface area (Å²) in [6, 6.07) is 5.95. The number of hydrogen-bond donors (Lipinski definition) is 3. The first-order chi connectivity index (χ1) is 18.1. The van der Waals surface area contributed by atoms with Gasteiger partial charge in [0.05, 0.1) is 36.6 Å². The topological polar surface area (TPSA) is 121 Å². The largest absolute Gasteiger partial charge is 0.491 e. The molecule has 0 unspecified atom stereocenters. The van der Waals surface area contributed by atoms with Gasteiger partial charge < -0.3 is 35.2 Å². The van der Waals surface area contributed by atoms with Crippen LogP contribution in [0.2, 0.25) is 0 Å². The van der Waals surface area contributed by atoms with Crippen LogP contribution in [0.5, 0.6) is 5.75 Å². The summed E-state index contributed by atoms with van der Waals surface area (Å²) in [6.45, 7) is 4.69. The van der Waals surface area contributed by atoms with Crippen LogP contribution in [-0.2, 0) is 14.3 Å². The van der Waals surface area contributed by atoms with Gasteiger partial charge in [0.1, 0.15) is 23.7 Å². The van der Waals surface area contributed by atoms with Crippen molar-refractivity contribution in [3.8, 4) is 5.75 Å². The summed E-state index contributed by atoms with van der Waals surface area (Å²) in [5.41, 5.74) is 2.88. The normalized spacial score (nSPS) is 20.6. The van der Waals surface area contributed by atoms with Gasteiger partial charge in [-0.2, -0.15) is 0 Å². The van der Waals surface area contributed by atoms with Crippen molar-refractivity contribution >= 4 is 40.4 Å². The van der Waals surface area contributed by atoms with Gasteiger partial charge in [0.15, 0.2) is 0 Å². The van der Waals surface area contributed by atoms with E-state index >= 15 is 0 Å². The molecule has 0 spiro atoms. The molecule has 0 atom stereocenters. The fourth-order valence-corrected chi connectivity index (χ4v) is 4.64. The van der Waals surface area contributed by atoms with Crippen LogP contribution < -0.4 is 25.6 Å². The van der Waals surface area contributed by atoms with Gasteiger partial charge in [0.25, 0.3) is 5.91 Å². The van der Waals surface area contributed by atoms with Crippen molar-refractivity contribution in [3.05, 3.63) is 36.3 Å². The summed E-state index contributed by atoms with van der Waals surface area (Å²) in [5, 5.41) is 9.39. The third kappa shape index (κ3) is 5.77. The molecule has 1 fully saturated rings. The number of aromatic nitrogens is 2. The summed E-state index contributed by atoms with van der Waals surface area (Å²) in [6.07, 6.45) is 5.90. The standard InChI is InChI=1S/C26H33N7O4/c1-32-9-4-8-27-24-23-19(26(35)31-25(23)30-17-29-24)16-28-18-6-7-20(33-10-13-36-14-11-33)21(15-18)37-12-3-2-5-22(32)34/h6-7,15-17,28H,2-5,8-14H2,1H3,(H2,27,29,30,31,35)/b19-16-. The fourth-order valence-electron chi connectivity index (χ4n) is 4.64. The number of carbonyl (C=O) groups excluding carboxylic acids is 2.